The lowest BCUT2D eigenvalue weighted by atomic mass is 10.1. The number of rotatable bonds is 9. The van der Waals surface area contributed by atoms with Gasteiger partial charge in [0.1, 0.15) is 34.8 Å². The van der Waals surface area contributed by atoms with Crippen LogP contribution >= 0.6 is 0 Å². The van der Waals surface area contributed by atoms with Gasteiger partial charge in [-0.2, -0.15) is 18.2 Å². The summed E-state index contributed by atoms with van der Waals surface area (Å²) in [6.07, 6.45) is 1.82. The molecule has 1 atom stereocenters. The second kappa shape index (κ2) is 15.2. The highest BCUT2D eigenvalue weighted by atomic mass is 32.2. The van der Waals surface area contributed by atoms with Crippen molar-refractivity contribution >= 4 is 51.5 Å². The van der Waals surface area contributed by atoms with Gasteiger partial charge in [0.25, 0.3) is 5.91 Å². The van der Waals surface area contributed by atoms with Gasteiger partial charge >= 0.3 is 6.18 Å². The van der Waals surface area contributed by atoms with Gasteiger partial charge < -0.3 is 36.6 Å². The lowest BCUT2D eigenvalue weighted by molar-refractivity contribution is -0.155. The Kier molecular flexibility index (Phi) is 11.7. The molecule has 16 heteroatoms. The molecule has 3 aromatic rings. The van der Waals surface area contributed by atoms with Crippen LogP contribution in [0.5, 0.6) is 5.75 Å². The Morgan fingerprint density at radius 3 is 2.65 bits per heavy atom. The summed E-state index contributed by atoms with van der Waals surface area (Å²) >= 11 is 0. The summed E-state index contributed by atoms with van der Waals surface area (Å²) in [6, 6.07) is 8.35. The number of ether oxygens (including phenoxy) is 1. The van der Waals surface area contributed by atoms with Gasteiger partial charge in [0.05, 0.1) is 12.8 Å². The fourth-order valence-corrected chi connectivity index (χ4v) is 3.94. The fraction of sp³-hybridized carbons (Fsp3) is 0.333. The first-order chi connectivity index (χ1) is 20.4. The molecule has 1 unspecified atom stereocenters. The van der Waals surface area contributed by atoms with E-state index in [9.17, 15) is 22.2 Å². The SMILES string of the molecule is C=CCNC(=O)c1cnc(Nc2ccc(N3CCNC(C(F)(F)F)C3)c(OC)c2)nc1Nc1cccc(N)n1.CS(C)=O. The number of nitrogens with one attached hydrogen (secondary N) is 4. The van der Waals surface area contributed by atoms with Crippen molar-refractivity contribution < 1.29 is 26.9 Å². The van der Waals surface area contributed by atoms with Crippen LogP contribution in [0, 0.1) is 0 Å². The predicted molar refractivity (Wildman–Crippen MR) is 163 cm³/mol. The number of carbonyl (C=O) groups excluding carboxylic acids is 1. The molecule has 1 aliphatic heterocycles. The lowest BCUT2D eigenvalue weighted by Gasteiger charge is -2.36. The molecule has 1 saturated heterocycles. The van der Waals surface area contributed by atoms with Gasteiger partial charge in [0, 0.05) is 67.4 Å². The van der Waals surface area contributed by atoms with Crippen LogP contribution in [0.1, 0.15) is 10.4 Å². The van der Waals surface area contributed by atoms with Crippen molar-refractivity contribution in [3.8, 4) is 5.75 Å². The zero-order chi connectivity index (χ0) is 31.6. The van der Waals surface area contributed by atoms with Crippen LogP contribution in [0.2, 0.25) is 0 Å². The molecule has 12 nitrogen and oxygen atoms in total. The quantitative estimate of drug-likeness (QED) is 0.223. The minimum absolute atomic E-state index is 0.149. The van der Waals surface area contributed by atoms with Gasteiger partial charge in [-0.15, -0.1) is 6.58 Å². The Balaban J connectivity index is 0.00000119. The van der Waals surface area contributed by atoms with Gasteiger partial charge in [-0.25, -0.2) is 9.97 Å². The molecule has 232 valence electrons. The van der Waals surface area contributed by atoms with Crippen molar-refractivity contribution in [1.29, 1.82) is 0 Å². The first-order valence-corrected chi connectivity index (χ1v) is 14.9. The van der Waals surface area contributed by atoms with Crippen molar-refractivity contribution in [2.45, 2.75) is 12.2 Å². The molecule has 1 amide bonds. The molecule has 3 heterocycles. The Hall–Kier alpha value is -4.44. The molecule has 0 saturated carbocycles. The molecule has 2 aromatic heterocycles. The highest BCUT2D eigenvalue weighted by molar-refractivity contribution is 7.83. The number of nitrogens with zero attached hydrogens (tertiary/aromatic N) is 4. The number of benzene rings is 1. The Morgan fingerprint density at radius 2 is 2.00 bits per heavy atom. The van der Waals surface area contributed by atoms with Crippen molar-refractivity contribution in [3.63, 3.8) is 0 Å². The largest absolute Gasteiger partial charge is 0.495 e. The van der Waals surface area contributed by atoms with E-state index in [0.29, 0.717) is 29.5 Å². The van der Waals surface area contributed by atoms with E-state index in [1.165, 1.54) is 13.3 Å². The second-order valence-corrected chi connectivity index (χ2v) is 10.8. The van der Waals surface area contributed by atoms with Crippen molar-refractivity contribution in [2.75, 3.05) is 67.1 Å². The van der Waals surface area contributed by atoms with E-state index in [-0.39, 0.29) is 42.8 Å². The maximum absolute atomic E-state index is 13.3. The molecule has 0 bridgehead atoms. The van der Waals surface area contributed by atoms with Crippen molar-refractivity contribution in [3.05, 3.63) is 60.8 Å². The van der Waals surface area contributed by atoms with Crippen molar-refractivity contribution in [2.24, 2.45) is 0 Å². The first-order valence-electron chi connectivity index (χ1n) is 12.9. The van der Waals surface area contributed by atoms with E-state index in [2.05, 4.69) is 42.8 Å². The number of hydrogen-bond donors (Lipinski definition) is 5. The summed E-state index contributed by atoms with van der Waals surface area (Å²) in [7, 11) is 0.833. The number of anilines is 6. The number of nitrogens with two attached hydrogens (primary N) is 1. The monoisotopic (exact) mass is 621 g/mol. The third-order valence-electron chi connectivity index (χ3n) is 5.80. The third-order valence-corrected chi connectivity index (χ3v) is 5.80. The Morgan fingerprint density at radius 1 is 1.26 bits per heavy atom. The molecule has 0 radical (unpaired) electrons. The summed E-state index contributed by atoms with van der Waals surface area (Å²) in [5, 5.41) is 11.2. The number of alkyl halides is 3. The van der Waals surface area contributed by atoms with E-state index < -0.39 is 28.9 Å². The highest BCUT2D eigenvalue weighted by Gasteiger charge is 2.42. The molecule has 6 N–H and O–H groups in total. The van der Waals surface area contributed by atoms with E-state index in [1.807, 2.05) is 0 Å². The fourth-order valence-electron chi connectivity index (χ4n) is 3.94. The van der Waals surface area contributed by atoms with E-state index in [0.717, 1.165) is 0 Å². The second-order valence-electron chi connectivity index (χ2n) is 9.27. The number of carbonyl (C=O) groups is 1. The highest BCUT2D eigenvalue weighted by Crippen LogP contribution is 2.34. The van der Waals surface area contributed by atoms with Crippen LogP contribution < -0.4 is 36.6 Å². The first kappa shape index (κ1) is 33.1. The molecule has 0 aliphatic carbocycles. The Bertz CT molecular complexity index is 1440. The molecule has 1 aromatic carbocycles. The van der Waals surface area contributed by atoms with Crippen LogP contribution in [-0.4, -0.2) is 83.1 Å². The number of nitrogen functional groups attached to an aromatic ring is 1. The number of hydrogen-bond acceptors (Lipinski definition) is 11. The third kappa shape index (κ3) is 9.82. The summed E-state index contributed by atoms with van der Waals surface area (Å²) in [6.45, 7) is 4.18. The minimum Gasteiger partial charge on any atom is -0.495 e. The topological polar surface area (TPSA) is 159 Å². The molecule has 0 spiro atoms. The van der Waals surface area contributed by atoms with Gasteiger partial charge in [0.15, 0.2) is 0 Å². The van der Waals surface area contributed by atoms with E-state index >= 15 is 0 Å². The van der Waals surface area contributed by atoms with Crippen LogP contribution in [0.4, 0.5) is 47.9 Å². The molecular formula is C27H34F3N9O3S. The van der Waals surface area contributed by atoms with Crippen LogP contribution in [-0.2, 0) is 10.8 Å². The van der Waals surface area contributed by atoms with E-state index in [1.54, 1.807) is 59.9 Å². The summed E-state index contributed by atoms with van der Waals surface area (Å²) in [5.74, 6) is 0.933. The standard InChI is InChI=1S/C25H28F3N9O2.C2H6OS/c1-3-9-31-23(38)16-13-32-24(36-22(16)35-21-6-4-5-20(29)34-21)33-15-7-8-17(18(12-15)39-2)37-11-10-30-19(14-37)25(26,27)28;1-4(2)3/h3-8,12-13,19,30H,1,9-11,14H2,2H3,(H,31,38)(H4,29,32,33,34,35,36);1-2H3. The van der Waals surface area contributed by atoms with E-state index in [4.69, 9.17) is 10.5 Å². The number of piperazine rings is 1. The van der Waals surface area contributed by atoms with Gasteiger partial charge in [-0.3, -0.25) is 9.00 Å². The van der Waals surface area contributed by atoms with Crippen LogP contribution in [0.15, 0.2) is 55.3 Å². The van der Waals surface area contributed by atoms with Crippen LogP contribution in [0.25, 0.3) is 0 Å². The Labute approximate surface area is 249 Å². The number of halogens is 3. The van der Waals surface area contributed by atoms with Gasteiger partial charge in [-0.1, -0.05) is 12.1 Å². The summed E-state index contributed by atoms with van der Waals surface area (Å²) < 4.78 is 54.8. The summed E-state index contributed by atoms with van der Waals surface area (Å²) in [4.78, 5) is 27.2. The zero-order valence-electron chi connectivity index (χ0n) is 23.9. The normalized spacial score (nSPS) is 14.8. The van der Waals surface area contributed by atoms with Gasteiger partial charge in [0.2, 0.25) is 5.95 Å². The predicted octanol–water partition coefficient (Wildman–Crippen LogP) is 3.20. The maximum atomic E-state index is 13.3. The smallest absolute Gasteiger partial charge is 0.405 e. The molecule has 1 fully saturated rings. The number of amides is 1. The molecular weight excluding hydrogens is 587 g/mol. The minimum atomic E-state index is -4.35. The molecule has 1 aliphatic rings. The average Bonchev–Trinajstić information content (AvgIpc) is 2.95. The number of methoxy groups -OCH3 is 1. The summed E-state index contributed by atoms with van der Waals surface area (Å²) in [5.41, 5.74) is 6.99. The van der Waals surface area contributed by atoms with Gasteiger partial charge in [-0.05, 0) is 24.3 Å². The lowest BCUT2D eigenvalue weighted by Crippen LogP contribution is -2.57. The van der Waals surface area contributed by atoms with Crippen molar-refractivity contribution in [1.82, 2.24) is 25.6 Å². The number of aromatic nitrogens is 3. The number of pyridine rings is 1. The zero-order valence-corrected chi connectivity index (χ0v) is 24.7. The van der Waals surface area contributed by atoms with Crippen LogP contribution in [0.3, 0.4) is 0 Å². The molecule has 43 heavy (non-hydrogen) atoms. The maximum Gasteiger partial charge on any atom is 0.405 e. The average molecular weight is 622 g/mol. The molecule has 4 rings (SSSR count).